The lowest BCUT2D eigenvalue weighted by molar-refractivity contribution is 0.515. The number of imidazole rings is 1. The largest absolute Gasteiger partial charge is 0.330 e. The van der Waals surface area contributed by atoms with Crippen LogP contribution in [0.3, 0.4) is 0 Å². The van der Waals surface area contributed by atoms with Crippen LogP contribution < -0.4 is 0 Å². The van der Waals surface area contributed by atoms with E-state index in [0.29, 0.717) is 4.75 Å². The maximum Gasteiger partial charge on any atom is 0.178 e. The van der Waals surface area contributed by atoms with Crippen molar-refractivity contribution >= 4 is 35.0 Å². The molecule has 1 aromatic heterocycles. The van der Waals surface area contributed by atoms with Gasteiger partial charge in [0, 0.05) is 11.3 Å². The Labute approximate surface area is 117 Å². The molecule has 1 saturated heterocycles. The van der Waals surface area contributed by atoms with Gasteiger partial charge in [0.2, 0.25) is 0 Å². The van der Waals surface area contributed by atoms with Gasteiger partial charge >= 0.3 is 0 Å². The first-order chi connectivity index (χ1) is 8.59. The van der Waals surface area contributed by atoms with Crippen molar-refractivity contribution < 1.29 is 0 Å². The Bertz CT molecular complexity index is 633. The maximum atomic E-state index is 5.49. The monoisotopic (exact) mass is 278 g/mol. The third-order valence-corrected chi connectivity index (χ3v) is 5.66. The molecule has 4 heteroatoms. The number of aryl methyl sites for hydroxylation is 1. The van der Waals surface area contributed by atoms with Gasteiger partial charge in [0.25, 0.3) is 0 Å². The topological polar surface area (TPSA) is 20.7 Å². The summed E-state index contributed by atoms with van der Waals surface area (Å²) in [5.41, 5.74) is 3.70. The lowest BCUT2D eigenvalue weighted by Crippen LogP contribution is -2.23. The fourth-order valence-electron chi connectivity index (χ4n) is 2.78. The Morgan fingerprint density at radius 3 is 3.06 bits per heavy atom. The normalized spacial score (nSPS) is 23.9. The Balaban J connectivity index is 2.09. The lowest BCUT2D eigenvalue weighted by Gasteiger charge is -2.23. The third kappa shape index (κ3) is 2.01. The van der Waals surface area contributed by atoms with Crippen molar-refractivity contribution in [2.75, 3.05) is 5.75 Å². The highest BCUT2D eigenvalue weighted by atomic mass is 32.2. The Hall–Kier alpha value is -0.740. The molecular weight excluding hydrogens is 260 g/mol. The summed E-state index contributed by atoms with van der Waals surface area (Å²) >= 11 is 7.58. The number of benzene rings is 1. The maximum absolute atomic E-state index is 5.49. The van der Waals surface area contributed by atoms with E-state index in [9.17, 15) is 0 Å². The van der Waals surface area contributed by atoms with Gasteiger partial charge in [-0.05, 0) is 56.3 Å². The van der Waals surface area contributed by atoms with Crippen LogP contribution in [0.15, 0.2) is 18.2 Å². The number of fused-ring (bicyclic) bond motifs is 1. The molecule has 1 atom stereocenters. The lowest BCUT2D eigenvalue weighted by atomic mass is 10.1. The summed E-state index contributed by atoms with van der Waals surface area (Å²) in [4.78, 5) is 3.36. The van der Waals surface area contributed by atoms with Gasteiger partial charge in [0.05, 0.1) is 11.0 Å². The van der Waals surface area contributed by atoms with Gasteiger partial charge < -0.3 is 9.55 Å². The first-order valence-corrected chi connectivity index (χ1v) is 7.81. The first-order valence-electron chi connectivity index (χ1n) is 6.41. The molecule has 0 spiro atoms. The molecule has 0 aliphatic carbocycles. The minimum Gasteiger partial charge on any atom is -0.330 e. The first kappa shape index (κ1) is 12.3. The average Bonchev–Trinajstić information content (AvgIpc) is 2.88. The van der Waals surface area contributed by atoms with Gasteiger partial charge in [-0.3, -0.25) is 0 Å². The van der Waals surface area contributed by atoms with Gasteiger partial charge in [0.15, 0.2) is 4.77 Å². The van der Waals surface area contributed by atoms with Crippen molar-refractivity contribution in [3.8, 4) is 0 Å². The van der Waals surface area contributed by atoms with E-state index < -0.39 is 0 Å². The molecule has 2 aromatic rings. The van der Waals surface area contributed by atoms with Crippen LogP contribution in [0.25, 0.3) is 11.0 Å². The molecule has 1 aromatic carbocycles. The van der Waals surface area contributed by atoms with Crippen molar-refractivity contribution in [2.45, 2.75) is 38.0 Å². The van der Waals surface area contributed by atoms with E-state index in [1.165, 1.54) is 35.2 Å². The molecule has 0 bridgehead atoms. The molecule has 1 aliphatic rings. The van der Waals surface area contributed by atoms with E-state index in [4.69, 9.17) is 12.2 Å². The molecule has 1 aliphatic heterocycles. The minimum atomic E-state index is 0.344. The van der Waals surface area contributed by atoms with Crippen LogP contribution in [0.2, 0.25) is 0 Å². The van der Waals surface area contributed by atoms with E-state index in [-0.39, 0.29) is 0 Å². The molecule has 1 unspecified atom stereocenters. The highest BCUT2D eigenvalue weighted by molar-refractivity contribution is 8.00. The minimum absolute atomic E-state index is 0.344. The molecular formula is C14H18N2S2. The standard InChI is InChI=1S/C14H18N2S2/c1-10-5-3-6-11-12(10)15-13(17)16(11)9-14(2)7-4-8-18-14/h3,5-6H,4,7-9H2,1-2H3,(H,15,17). The van der Waals surface area contributed by atoms with Crippen LogP contribution in [0.1, 0.15) is 25.3 Å². The summed E-state index contributed by atoms with van der Waals surface area (Å²) in [6.45, 7) is 5.50. The summed E-state index contributed by atoms with van der Waals surface area (Å²) in [7, 11) is 0. The smallest absolute Gasteiger partial charge is 0.178 e. The molecule has 2 heterocycles. The number of para-hydroxylation sites is 1. The summed E-state index contributed by atoms with van der Waals surface area (Å²) in [6.07, 6.45) is 2.62. The zero-order chi connectivity index (χ0) is 12.8. The molecule has 3 rings (SSSR count). The second-order valence-electron chi connectivity index (χ2n) is 5.39. The number of aromatic amines is 1. The van der Waals surface area contributed by atoms with Crippen molar-refractivity contribution in [1.82, 2.24) is 9.55 Å². The SMILES string of the molecule is Cc1cccc2c1[nH]c(=S)n2CC1(C)CCCS1. The second-order valence-corrected chi connectivity index (χ2v) is 7.46. The van der Waals surface area contributed by atoms with E-state index in [2.05, 4.69) is 53.4 Å². The van der Waals surface area contributed by atoms with Crippen molar-refractivity contribution in [3.63, 3.8) is 0 Å². The average molecular weight is 278 g/mol. The Kier molecular flexibility index (Phi) is 3.02. The Morgan fingerprint density at radius 2 is 2.33 bits per heavy atom. The zero-order valence-electron chi connectivity index (χ0n) is 10.8. The quantitative estimate of drug-likeness (QED) is 0.827. The summed E-state index contributed by atoms with van der Waals surface area (Å²) in [5.74, 6) is 1.28. The zero-order valence-corrected chi connectivity index (χ0v) is 12.5. The molecule has 0 radical (unpaired) electrons. The predicted octanol–water partition coefficient (Wildman–Crippen LogP) is 4.29. The van der Waals surface area contributed by atoms with Gasteiger partial charge in [-0.15, -0.1) is 0 Å². The third-order valence-electron chi connectivity index (χ3n) is 3.81. The van der Waals surface area contributed by atoms with E-state index in [1.54, 1.807) is 0 Å². The number of nitrogens with zero attached hydrogens (tertiary/aromatic N) is 1. The molecule has 18 heavy (non-hydrogen) atoms. The fourth-order valence-corrected chi connectivity index (χ4v) is 4.33. The van der Waals surface area contributed by atoms with Crippen molar-refractivity contribution in [3.05, 3.63) is 28.5 Å². The number of hydrogen-bond acceptors (Lipinski definition) is 2. The Morgan fingerprint density at radius 1 is 1.50 bits per heavy atom. The number of thioether (sulfide) groups is 1. The van der Waals surface area contributed by atoms with E-state index in [0.717, 1.165) is 11.3 Å². The van der Waals surface area contributed by atoms with E-state index in [1.807, 2.05) is 0 Å². The van der Waals surface area contributed by atoms with Crippen LogP contribution in [0.4, 0.5) is 0 Å². The number of rotatable bonds is 2. The molecule has 96 valence electrons. The van der Waals surface area contributed by atoms with Gasteiger partial charge in [-0.25, -0.2) is 0 Å². The molecule has 0 amide bonds. The summed E-state index contributed by atoms with van der Waals surface area (Å²) in [5, 5.41) is 0. The van der Waals surface area contributed by atoms with Crippen molar-refractivity contribution in [1.29, 1.82) is 0 Å². The molecule has 0 saturated carbocycles. The van der Waals surface area contributed by atoms with Crippen LogP contribution in [0.5, 0.6) is 0 Å². The fraction of sp³-hybridized carbons (Fsp3) is 0.500. The number of nitrogens with one attached hydrogen (secondary N) is 1. The number of hydrogen-bond donors (Lipinski definition) is 1. The second kappa shape index (κ2) is 4.42. The van der Waals surface area contributed by atoms with Crippen LogP contribution in [0, 0.1) is 11.7 Å². The highest BCUT2D eigenvalue weighted by Crippen LogP contribution is 2.39. The van der Waals surface area contributed by atoms with E-state index >= 15 is 0 Å². The van der Waals surface area contributed by atoms with Crippen LogP contribution in [-0.4, -0.2) is 20.1 Å². The van der Waals surface area contributed by atoms with Crippen LogP contribution >= 0.6 is 24.0 Å². The van der Waals surface area contributed by atoms with Gasteiger partial charge in [-0.1, -0.05) is 12.1 Å². The van der Waals surface area contributed by atoms with Crippen molar-refractivity contribution in [2.24, 2.45) is 0 Å². The highest BCUT2D eigenvalue weighted by Gasteiger charge is 2.30. The summed E-state index contributed by atoms with van der Waals surface area (Å²) in [6, 6.07) is 6.41. The molecule has 1 N–H and O–H groups in total. The number of aromatic nitrogens is 2. The van der Waals surface area contributed by atoms with Crippen LogP contribution in [-0.2, 0) is 6.54 Å². The van der Waals surface area contributed by atoms with Gasteiger partial charge in [0.1, 0.15) is 0 Å². The summed E-state index contributed by atoms with van der Waals surface area (Å²) < 4.78 is 3.47. The number of H-pyrrole nitrogens is 1. The predicted molar refractivity (Wildman–Crippen MR) is 82.0 cm³/mol. The van der Waals surface area contributed by atoms with Gasteiger partial charge in [-0.2, -0.15) is 11.8 Å². The molecule has 2 nitrogen and oxygen atoms in total. The molecule has 1 fully saturated rings.